The summed E-state index contributed by atoms with van der Waals surface area (Å²) in [6, 6.07) is 11.7. The second-order valence-corrected chi connectivity index (χ2v) is 6.77. The van der Waals surface area contributed by atoms with Crippen LogP contribution in [-0.4, -0.2) is 43.0 Å². The fourth-order valence-corrected chi connectivity index (χ4v) is 3.75. The molecule has 0 unspecified atom stereocenters. The minimum absolute atomic E-state index is 0.697. The summed E-state index contributed by atoms with van der Waals surface area (Å²) >= 11 is 0. The predicted octanol–water partition coefficient (Wildman–Crippen LogP) is 2.99. The van der Waals surface area contributed by atoms with Gasteiger partial charge < -0.3 is 4.90 Å². The van der Waals surface area contributed by atoms with Crippen molar-refractivity contribution >= 4 is 0 Å². The number of piperidine rings is 1. The zero-order valence-corrected chi connectivity index (χ0v) is 12.3. The van der Waals surface area contributed by atoms with Crippen molar-refractivity contribution in [3.8, 4) is 0 Å². The maximum atomic E-state index is 2.55. The second-order valence-electron chi connectivity index (χ2n) is 6.77. The Morgan fingerprint density at radius 2 is 1.79 bits per heavy atom. The molecular formula is C17H26N2. The first-order chi connectivity index (χ1) is 9.17. The Bertz CT molecular complexity index is 399. The molecule has 0 bridgehead atoms. The van der Waals surface area contributed by atoms with Crippen LogP contribution in [0.2, 0.25) is 0 Å². The molecule has 1 saturated heterocycles. The van der Waals surface area contributed by atoms with Crippen LogP contribution in [0.4, 0.5) is 0 Å². The third-order valence-corrected chi connectivity index (χ3v) is 5.28. The van der Waals surface area contributed by atoms with Crippen molar-refractivity contribution in [3.63, 3.8) is 0 Å². The molecule has 0 radical (unpaired) electrons. The SMILES string of the molecule is CN1CCC2(CC1)CC(N(C)Cc1ccccc1)C2. The van der Waals surface area contributed by atoms with Crippen LogP contribution in [0.1, 0.15) is 31.2 Å². The second kappa shape index (κ2) is 5.26. The summed E-state index contributed by atoms with van der Waals surface area (Å²) in [5.41, 5.74) is 2.14. The van der Waals surface area contributed by atoms with Crippen LogP contribution in [0, 0.1) is 5.41 Å². The van der Waals surface area contributed by atoms with Crippen molar-refractivity contribution in [1.29, 1.82) is 0 Å². The van der Waals surface area contributed by atoms with Gasteiger partial charge in [0.15, 0.2) is 0 Å². The van der Waals surface area contributed by atoms with E-state index in [0.29, 0.717) is 5.41 Å². The van der Waals surface area contributed by atoms with Gasteiger partial charge in [-0.2, -0.15) is 0 Å². The molecule has 2 fully saturated rings. The summed E-state index contributed by atoms with van der Waals surface area (Å²) in [5, 5.41) is 0. The minimum Gasteiger partial charge on any atom is -0.306 e. The molecule has 2 aliphatic rings. The number of likely N-dealkylation sites (tertiary alicyclic amines) is 1. The van der Waals surface area contributed by atoms with Crippen molar-refractivity contribution in [2.24, 2.45) is 5.41 Å². The Hall–Kier alpha value is -0.860. The van der Waals surface area contributed by atoms with Crippen molar-refractivity contribution in [3.05, 3.63) is 35.9 Å². The standard InChI is InChI=1S/C17H26N2/c1-18-10-8-17(9-11-18)12-16(13-17)19(2)14-15-6-4-3-5-7-15/h3-7,16H,8-14H2,1-2H3. The maximum Gasteiger partial charge on any atom is 0.0233 e. The highest BCUT2D eigenvalue weighted by atomic mass is 15.2. The lowest BCUT2D eigenvalue weighted by molar-refractivity contribution is -0.0327. The van der Waals surface area contributed by atoms with Gasteiger partial charge in [-0.1, -0.05) is 30.3 Å². The molecule has 104 valence electrons. The van der Waals surface area contributed by atoms with Crippen LogP contribution < -0.4 is 0 Å². The first kappa shape index (κ1) is 13.1. The van der Waals surface area contributed by atoms with Gasteiger partial charge in [0.1, 0.15) is 0 Å². The molecule has 1 aliphatic heterocycles. The molecule has 1 spiro atoms. The van der Waals surface area contributed by atoms with E-state index in [-0.39, 0.29) is 0 Å². The highest BCUT2D eigenvalue weighted by molar-refractivity contribution is 5.15. The smallest absolute Gasteiger partial charge is 0.0233 e. The van der Waals surface area contributed by atoms with Gasteiger partial charge >= 0.3 is 0 Å². The third kappa shape index (κ3) is 2.85. The fourth-order valence-electron chi connectivity index (χ4n) is 3.75. The van der Waals surface area contributed by atoms with Gasteiger partial charge in [-0.15, -0.1) is 0 Å². The topological polar surface area (TPSA) is 6.48 Å². The Labute approximate surface area is 117 Å². The number of rotatable bonds is 3. The average molecular weight is 258 g/mol. The molecule has 0 aromatic heterocycles. The lowest BCUT2D eigenvalue weighted by atomic mass is 9.60. The van der Waals surface area contributed by atoms with E-state index in [4.69, 9.17) is 0 Å². The molecule has 0 amide bonds. The van der Waals surface area contributed by atoms with E-state index in [9.17, 15) is 0 Å². The first-order valence-corrected chi connectivity index (χ1v) is 7.60. The Morgan fingerprint density at radius 1 is 1.16 bits per heavy atom. The summed E-state index contributed by atoms with van der Waals surface area (Å²) in [6.45, 7) is 3.70. The molecule has 2 heteroatoms. The molecule has 3 rings (SSSR count). The minimum atomic E-state index is 0.697. The summed E-state index contributed by atoms with van der Waals surface area (Å²) < 4.78 is 0. The van der Waals surface area contributed by atoms with Crippen LogP contribution in [-0.2, 0) is 6.54 Å². The number of benzene rings is 1. The van der Waals surface area contributed by atoms with E-state index in [1.807, 2.05) is 0 Å². The molecule has 1 heterocycles. The van der Waals surface area contributed by atoms with Crippen molar-refractivity contribution in [2.45, 2.75) is 38.3 Å². The molecule has 1 aliphatic carbocycles. The Morgan fingerprint density at radius 3 is 2.42 bits per heavy atom. The third-order valence-electron chi connectivity index (χ3n) is 5.28. The molecule has 0 atom stereocenters. The zero-order valence-electron chi connectivity index (χ0n) is 12.3. The van der Waals surface area contributed by atoms with E-state index in [2.05, 4.69) is 54.2 Å². The van der Waals surface area contributed by atoms with E-state index in [1.165, 1.54) is 44.3 Å². The fraction of sp³-hybridized carbons (Fsp3) is 0.647. The zero-order chi connectivity index (χ0) is 13.3. The average Bonchev–Trinajstić information content (AvgIpc) is 2.38. The first-order valence-electron chi connectivity index (χ1n) is 7.60. The van der Waals surface area contributed by atoms with E-state index in [1.54, 1.807) is 0 Å². The van der Waals surface area contributed by atoms with Gasteiger partial charge in [0.25, 0.3) is 0 Å². The monoisotopic (exact) mass is 258 g/mol. The van der Waals surface area contributed by atoms with E-state index in [0.717, 1.165) is 12.6 Å². The van der Waals surface area contributed by atoms with E-state index >= 15 is 0 Å². The quantitative estimate of drug-likeness (QED) is 0.822. The van der Waals surface area contributed by atoms with Crippen molar-refractivity contribution < 1.29 is 0 Å². The molecule has 19 heavy (non-hydrogen) atoms. The molecule has 1 aromatic rings. The Balaban J connectivity index is 1.50. The van der Waals surface area contributed by atoms with Crippen LogP contribution >= 0.6 is 0 Å². The lowest BCUT2D eigenvalue weighted by Crippen LogP contribution is -2.53. The largest absolute Gasteiger partial charge is 0.306 e. The number of nitrogens with zero attached hydrogens (tertiary/aromatic N) is 2. The molecule has 1 saturated carbocycles. The van der Waals surface area contributed by atoms with Gasteiger partial charge in [-0.05, 0) is 63.8 Å². The van der Waals surface area contributed by atoms with Crippen LogP contribution in [0.3, 0.4) is 0 Å². The molecular weight excluding hydrogens is 232 g/mol. The highest BCUT2D eigenvalue weighted by Gasteiger charge is 2.46. The summed E-state index contributed by atoms with van der Waals surface area (Å²) in [7, 11) is 4.55. The van der Waals surface area contributed by atoms with Crippen LogP contribution in [0.15, 0.2) is 30.3 Å². The maximum absolute atomic E-state index is 2.55. The summed E-state index contributed by atoms with van der Waals surface area (Å²) in [4.78, 5) is 5.03. The van der Waals surface area contributed by atoms with Gasteiger partial charge in [0.05, 0.1) is 0 Å². The van der Waals surface area contributed by atoms with Gasteiger partial charge in [0.2, 0.25) is 0 Å². The predicted molar refractivity (Wildman–Crippen MR) is 80.1 cm³/mol. The van der Waals surface area contributed by atoms with Crippen LogP contribution in [0.5, 0.6) is 0 Å². The van der Waals surface area contributed by atoms with Gasteiger partial charge in [-0.25, -0.2) is 0 Å². The van der Waals surface area contributed by atoms with E-state index < -0.39 is 0 Å². The van der Waals surface area contributed by atoms with Gasteiger partial charge in [-0.3, -0.25) is 4.90 Å². The molecule has 2 nitrogen and oxygen atoms in total. The highest BCUT2D eigenvalue weighted by Crippen LogP contribution is 2.50. The van der Waals surface area contributed by atoms with Gasteiger partial charge in [0, 0.05) is 12.6 Å². The molecule has 0 N–H and O–H groups in total. The summed E-state index contributed by atoms with van der Waals surface area (Å²) in [6.07, 6.45) is 5.67. The number of hydrogen-bond donors (Lipinski definition) is 0. The van der Waals surface area contributed by atoms with Crippen molar-refractivity contribution in [1.82, 2.24) is 9.80 Å². The summed E-state index contributed by atoms with van der Waals surface area (Å²) in [5.74, 6) is 0. The van der Waals surface area contributed by atoms with Crippen LogP contribution in [0.25, 0.3) is 0 Å². The van der Waals surface area contributed by atoms with Crippen molar-refractivity contribution in [2.75, 3.05) is 27.2 Å². The normalized spacial score (nSPS) is 23.7. The molecule has 1 aromatic carbocycles. The number of hydrogen-bond acceptors (Lipinski definition) is 2. The Kier molecular flexibility index (Phi) is 3.64. The lowest BCUT2D eigenvalue weighted by Gasteiger charge is -2.54.